The number of amides is 1. The summed E-state index contributed by atoms with van der Waals surface area (Å²) >= 11 is 0. The van der Waals surface area contributed by atoms with E-state index in [0.29, 0.717) is 31.0 Å². The molecule has 0 bridgehead atoms. The van der Waals surface area contributed by atoms with E-state index < -0.39 is 0 Å². The Morgan fingerprint density at radius 2 is 1.79 bits per heavy atom. The van der Waals surface area contributed by atoms with Crippen LogP contribution in [0.15, 0.2) is 72.9 Å². The molecule has 0 unspecified atom stereocenters. The second kappa shape index (κ2) is 9.65. The van der Waals surface area contributed by atoms with Crippen LogP contribution in [0.4, 0.5) is 10.2 Å². The second-order valence-corrected chi connectivity index (χ2v) is 6.54. The number of rotatable bonds is 8. The Hall–Kier alpha value is -3.21. The number of hydrogen-bond acceptors (Lipinski definition) is 3. The van der Waals surface area contributed by atoms with Gasteiger partial charge in [-0.15, -0.1) is 0 Å². The summed E-state index contributed by atoms with van der Waals surface area (Å²) in [6, 6.07) is 19.9. The van der Waals surface area contributed by atoms with Crippen LogP contribution < -0.4 is 5.32 Å². The Bertz CT molecular complexity index is 897. The van der Waals surface area contributed by atoms with Crippen LogP contribution in [-0.2, 0) is 13.0 Å². The van der Waals surface area contributed by atoms with Crippen LogP contribution in [0.5, 0.6) is 0 Å². The van der Waals surface area contributed by atoms with E-state index in [1.807, 2.05) is 42.2 Å². The van der Waals surface area contributed by atoms with Gasteiger partial charge in [-0.25, -0.2) is 9.37 Å². The van der Waals surface area contributed by atoms with Gasteiger partial charge < -0.3 is 10.2 Å². The van der Waals surface area contributed by atoms with E-state index in [1.165, 1.54) is 12.1 Å². The van der Waals surface area contributed by atoms with E-state index in [9.17, 15) is 9.18 Å². The minimum Gasteiger partial charge on any atom is -0.370 e. The van der Waals surface area contributed by atoms with Gasteiger partial charge >= 0.3 is 0 Å². The first-order chi connectivity index (χ1) is 13.7. The fraction of sp³-hybridized carbons (Fsp3) is 0.217. The van der Waals surface area contributed by atoms with Gasteiger partial charge in [-0.1, -0.05) is 42.5 Å². The molecule has 0 spiro atoms. The molecule has 0 aliphatic heterocycles. The Kier molecular flexibility index (Phi) is 6.73. The van der Waals surface area contributed by atoms with Crippen LogP contribution in [0, 0.1) is 5.82 Å². The summed E-state index contributed by atoms with van der Waals surface area (Å²) in [6.07, 6.45) is 2.39. The number of anilines is 1. The van der Waals surface area contributed by atoms with E-state index in [-0.39, 0.29) is 11.7 Å². The highest BCUT2D eigenvalue weighted by Gasteiger charge is 2.15. The number of pyridine rings is 1. The fourth-order valence-corrected chi connectivity index (χ4v) is 2.96. The van der Waals surface area contributed by atoms with Gasteiger partial charge in [0.15, 0.2) is 0 Å². The molecule has 0 saturated carbocycles. The molecule has 0 radical (unpaired) electrons. The maximum Gasteiger partial charge on any atom is 0.254 e. The van der Waals surface area contributed by atoms with Crippen molar-refractivity contribution >= 4 is 11.7 Å². The highest BCUT2D eigenvalue weighted by molar-refractivity contribution is 5.94. The van der Waals surface area contributed by atoms with Crippen molar-refractivity contribution < 1.29 is 9.18 Å². The lowest BCUT2D eigenvalue weighted by Gasteiger charge is -2.21. The monoisotopic (exact) mass is 377 g/mol. The molecule has 1 heterocycles. The summed E-state index contributed by atoms with van der Waals surface area (Å²) in [5.41, 5.74) is 2.75. The SMILES string of the molecule is CCN(Cc1ccccc1)C(=O)c1ccnc(NCCc2ccc(F)cc2)c1. The summed E-state index contributed by atoms with van der Waals surface area (Å²) in [5, 5.41) is 3.23. The number of aromatic nitrogens is 1. The Morgan fingerprint density at radius 3 is 2.50 bits per heavy atom. The van der Waals surface area contributed by atoms with Crippen molar-refractivity contribution in [3.63, 3.8) is 0 Å². The third-order valence-electron chi connectivity index (χ3n) is 4.53. The normalized spacial score (nSPS) is 10.5. The number of hydrogen-bond donors (Lipinski definition) is 1. The Labute approximate surface area is 165 Å². The van der Waals surface area contributed by atoms with Crippen LogP contribution in [0.25, 0.3) is 0 Å². The number of nitrogens with zero attached hydrogens (tertiary/aromatic N) is 2. The molecule has 3 rings (SSSR count). The average Bonchev–Trinajstić information content (AvgIpc) is 2.74. The molecule has 1 N–H and O–H groups in total. The molecule has 2 aromatic carbocycles. The summed E-state index contributed by atoms with van der Waals surface area (Å²) in [7, 11) is 0. The zero-order chi connectivity index (χ0) is 19.8. The molecule has 0 fully saturated rings. The van der Waals surface area contributed by atoms with Gasteiger partial charge in [0, 0.05) is 31.4 Å². The van der Waals surface area contributed by atoms with Crippen molar-refractivity contribution in [1.29, 1.82) is 0 Å². The lowest BCUT2D eigenvalue weighted by molar-refractivity contribution is 0.0752. The molecule has 1 amide bonds. The van der Waals surface area contributed by atoms with Crippen molar-refractivity contribution in [2.75, 3.05) is 18.4 Å². The fourth-order valence-electron chi connectivity index (χ4n) is 2.96. The van der Waals surface area contributed by atoms with Gasteiger partial charge in [-0.2, -0.15) is 0 Å². The molecular formula is C23H24FN3O. The quantitative estimate of drug-likeness (QED) is 0.627. The predicted octanol–water partition coefficient (Wildman–Crippen LogP) is 4.54. The van der Waals surface area contributed by atoms with E-state index in [0.717, 1.165) is 17.5 Å². The van der Waals surface area contributed by atoms with Gasteiger partial charge in [-0.05, 0) is 48.7 Å². The van der Waals surface area contributed by atoms with E-state index in [2.05, 4.69) is 10.3 Å². The van der Waals surface area contributed by atoms with Crippen molar-refractivity contribution in [1.82, 2.24) is 9.88 Å². The topological polar surface area (TPSA) is 45.2 Å². The van der Waals surface area contributed by atoms with Crippen LogP contribution in [-0.4, -0.2) is 28.9 Å². The standard InChI is InChI=1S/C23H24FN3O/c1-2-27(17-19-6-4-3-5-7-19)23(28)20-13-15-26-22(16-20)25-14-12-18-8-10-21(24)11-9-18/h3-11,13,15-16H,2,12,14,17H2,1H3,(H,25,26). The van der Waals surface area contributed by atoms with Gasteiger partial charge in [0.05, 0.1) is 0 Å². The highest BCUT2D eigenvalue weighted by atomic mass is 19.1. The smallest absolute Gasteiger partial charge is 0.254 e. The highest BCUT2D eigenvalue weighted by Crippen LogP contribution is 2.13. The summed E-state index contributed by atoms with van der Waals surface area (Å²) in [4.78, 5) is 19.0. The lowest BCUT2D eigenvalue weighted by Crippen LogP contribution is -2.30. The molecule has 0 aliphatic rings. The Morgan fingerprint density at radius 1 is 1.04 bits per heavy atom. The number of nitrogens with one attached hydrogen (secondary N) is 1. The largest absolute Gasteiger partial charge is 0.370 e. The third-order valence-corrected chi connectivity index (χ3v) is 4.53. The van der Waals surface area contributed by atoms with Gasteiger partial charge in [0.25, 0.3) is 5.91 Å². The van der Waals surface area contributed by atoms with Crippen LogP contribution in [0.2, 0.25) is 0 Å². The third kappa shape index (κ3) is 5.39. The van der Waals surface area contributed by atoms with Gasteiger partial charge in [-0.3, -0.25) is 4.79 Å². The predicted molar refractivity (Wildman–Crippen MR) is 110 cm³/mol. The molecule has 144 valence electrons. The molecule has 4 nitrogen and oxygen atoms in total. The summed E-state index contributed by atoms with van der Waals surface area (Å²) in [6.45, 7) is 3.83. The number of carbonyl (C=O) groups is 1. The molecule has 0 aliphatic carbocycles. The Balaban J connectivity index is 1.60. The van der Waals surface area contributed by atoms with Crippen molar-refractivity contribution in [2.24, 2.45) is 0 Å². The molecule has 0 atom stereocenters. The van der Waals surface area contributed by atoms with Gasteiger partial charge in [0.2, 0.25) is 0 Å². The first-order valence-corrected chi connectivity index (χ1v) is 9.43. The molecule has 3 aromatic rings. The summed E-state index contributed by atoms with van der Waals surface area (Å²) < 4.78 is 13.0. The molecule has 28 heavy (non-hydrogen) atoms. The van der Waals surface area contributed by atoms with Crippen molar-refractivity contribution in [3.05, 3.63) is 95.4 Å². The minimum atomic E-state index is -0.236. The number of halogens is 1. The maximum absolute atomic E-state index is 13.0. The number of benzene rings is 2. The zero-order valence-electron chi connectivity index (χ0n) is 15.9. The minimum absolute atomic E-state index is 0.0182. The molecule has 5 heteroatoms. The molecule has 1 aromatic heterocycles. The average molecular weight is 377 g/mol. The van der Waals surface area contributed by atoms with E-state index in [1.54, 1.807) is 30.5 Å². The van der Waals surface area contributed by atoms with Crippen LogP contribution in [0.1, 0.15) is 28.4 Å². The zero-order valence-corrected chi connectivity index (χ0v) is 15.9. The first-order valence-electron chi connectivity index (χ1n) is 9.43. The van der Waals surface area contributed by atoms with Crippen molar-refractivity contribution in [3.8, 4) is 0 Å². The van der Waals surface area contributed by atoms with Crippen LogP contribution >= 0.6 is 0 Å². The maximum atomic E-state index is 13.0. The second-order valence-electron chi connectivity index (χ2n) is 6.54. The lowest BCUT2D eigenvalue weighted by atomic mass is 10.1. The van der Waals surface area contributed by atoms with E-state index >= 15 is 0 Å². The molecular weight excluding hydrogens is 353 g/mol. The van der Waals surface area contributed by atoms with Gasteiger partial charge in [0.1, 0.15) is 11.6 Å². The summed E-state index contributed by atoms with van der Waals surface area (Å²) in [5.74, 6) is 0.402. The number of carbonyl (C=O) groups excluding carboxylic acids is 1. The van der Waals surface area contributed by atoms with E-state index in [4.69, 9.17) is 0 Å². The van der Waals surface area contributed by atoms with Crippen LogP contribution in [0.3, 0.4) is 0 Å². The first kappa shape index (κ1) is 19.5. The molecule has 0 saturated heterocycles. The van der Waals surface area contributed by atoms with Crippen molar-refractivity contribution in [2.45, 2.75) is 19.9 Å².